The highest BCUT2D eigenvalue weighted by Gasteiger charge is 2.12. The van der Waals surface area contributed by atoms with Crippen molar-refractivity contribution in [3.05, 3.63) is 39.4 Å². The first kappa shape index (κ1) is 14.1. The molecule has 0 aliphatic rings. The van der Waals surface area contributed by atoms with Gasteiger partial charge in [0, 0.05) is 18.2 Å². The average molecular weight is 252 g/mol. The van der Waals surface area contributed by atoms with E-state index in [1.807, 2.05) is 0 Å². The van der Waals surface area contributed by atoms with Crippen molar-refractivity contribution in [1.82, 2.24) is 5.32 Å². The third-order valence-corrected chi connectivity index (χ3v) is 2.50. The van der Waals surface area contributed by atoms with Crippen molar-refractivity contribution in [3.8, 4) is 0 Å². The second kappa shape index (κ2) is 6.70. The van der Waals surface area contributed by atoms with Crippen LogP contribution in [-0.2, 0) is 16.1 Å². The maximum absolute atomic E-state index is 11.1. The van der Waals surface area contributed by atoms with Crippen LogP contribution in [0.1, 0.15) is 18.1 Å². The number of nitrogens with one attached hydrogen (secondary N) is 1. The van der Waals surface area contributed by atoms with Crippen LogP contribution in [0.4, 0.5) is 5.69 Å². The Morgan fingerprint density at radius 3 is 2.83 bits per heavy atom. The molecule has 1 N–H and O–H groups in total. The molecule has 0 aliphatic heterocycles. The topological polar surface area (TPSA) is 81.5 Å². The van der Waals surface area contributed by atoms with E-state index in [0.29, 0.717) is 18.7 Å². The van der Waals surface area contributed by atoms with E-state index in [9.17, 15) is 14.9 Å². The first-order valence-electron chi connectivity index (χ1n) is 5.65. The van der Waals surface area contributed by atoms with Crippen LogP contribution in [0.3, 0.4) is 0 Å². The predicted molar refractivity (Wildman–Crippen MR) is 66.2 cm³/mol. The van der Waals surface area contributed by atoms with E-state index in [1.165, 1.54) is 6.07 Å². The van der Waals surface area contributed by atoms with Crippen molar-refractivity contribution in [2.24, 2.45) is 0 Å². The average Bonchev–Trinajstić information content (AvgIpc) is 2.31. The van der Waals surface area contributed by atoms with Gasteiger partial charge < -0.3 is 10.1 Å². The lowest BCUT2D eigenvalue weighted by molar-refractivity contribution is -0.385. The SMILES string of the molecule is CCOC(=O)CNCc1cccc([N+](=O)[O-])c1C. The van der Waals surface area contributed by atoms with Gasteiger partial charge >= 0.3 is 5.97 Å². The van der Waals surface area contributed by atoms with E-state index >= 15 is 0 Å². The summed E-state index contributed by atoms with van der Waals surface area (Å²) in [5, 5.41) is 13.6. The van der Waals surface area contributed by atoms with E-state index in [1.54, 1.807) is 26.0 Å². The lowest BCUT2D eigenvalue weighted by Gasteiger charge is -2.07. The van der Waals surface area contributed by atoms with E-state index in [4.69, 9.17) is 4.74 Å². The summed E-state index contributed by atoms with van der Waals surface area (Å²) in [5.74, 6) is -0.333. The van der Waals surface area contributed by atoms with Crippen LogP contribution < -0.4 is 5.32 Å². The summed E-state index contributed by atoms with van der Waals surface area (Å²) in [6, 6.07) is 4.89. The molecular weight excluding hydrogens is 236 g/mol. The zero-order chi connectivity index (χ0) is 13.5. The maximum Gasteiger partial charge on any atom is 0.319 e. The Kier molecular flexibility index (Phi) is 5.26. The number of nitro groups is 1. The van der Waals surface area contributed by atoms with E-state index in [0.717, 1.165) is 5.56 Å². The molecule has 18 heavy (non-hydrogen) atoms. The number of hydrogen-bond donors (Lipinski definition) is 1. The molecule has 6 nitrogen and oxygen atoms in total. The summed E-state index contributed by atoms with van der Waals surface area (Å²) < 4.78 is 4.76. The van der Waals surface area contributed by atoms with Crippen molar-refractivity contribution in [3.63, 3.8) is 0 Å². The summed E-state index contributed by atoms with van der Waals surface area (Å²) in [6.45, 7) is 4.26. The van der Waals surface area contributed by atoms with Gasteiger partial charge in [-0.15, -0.1) is 0 Å². The third-order valence-electron chi connectivity index (χ3n) is 2.50. The molecule has 0 saturated carbocycles. The molecule has 0 unspecified atom stereocenters. The molecule has 98 valence electrons. The van der Waals surface area contributed by atoms with Gasteiger partial charge in [0.2, 0.25) is 0 Å². The molecule has 6 heteroatoms. The Morgan fingerprint density at radius 2 is 2.22 bits per heavy atom. The van der Waals surface area contributed by atoms with Gasteiger partial charge in [-0.25, -0.2) is 0 Å². The van der Waals surface area contributed by atoms with Crippen molar-refractivity contribution < 1.29 is 14.5 Å². The number of benzene rings is 1. The molecule has 0 amide bonds. The lowest BCUT2D eigenvalue weighted by Crippen LogP contribution is -2.24. The minimum atomic E-state index is -0.413. The van der Waals surface area contributed by atoms with Crippen LogP contribution in [0.2, 0.25) is 0 Å². The minimum absolute atomic E-state index is 0.0884. The molecule has 0 aliphatic carbocycles. The maximum atomic E-state index is 11.1. The Balaban J connectivity index is 2.60. The van der Waals surface area contributed by atoms with E-state index in [2.05, 4.69) is 5.32 Å². The molecule has 0 atom stereocenters. The second-order valence-electron chi connectivity index (χ2n) is 3.73. The molecule has 0 radical (unpaired) electrons. The van der Waals surface area contributed by atoms with Gasteiger partial charge in [0.05, 0.1) is 18.1 Å². The van der Waals surface area contributed by atoms with Crippen molar-refractivity contribution in [2.45, 2.75) is 20.4 Å². The fraction of sp³-hybridized carbons (Fsp3) is 0.417. The number of hydrogen-bond acceptors (Lipinski definition) is 5. The predicted octanol–water partition coefficient (Wildman–Crippen LogP) is 1.56. The fourth-order valence-electron chi connectivity index (χ4n) is 1.57. The molecule has 1 aromatic carbocycles. The first-order chi connectivity index (χ1) is 8.56. The molecule has 1 aromatic rings. The first-order valence-corrected chi connectivity index (χ1v) is 5.65. The molecule has 1 rings (SSSR count). The number of nitro benzene ring substituents is 1. The number of rotatable bonds is 6. The molecule has 0 bridgehead atoms. The second-order valence-corrected chi connectivity index (χ2v) is 3.73. The van der Waals surface area contributed by atoms with Gasteiger partial charge in [0.15, 0.2) is 0 Å². The van der Waals surface area contributed by atoms with Gasteiger partial charge in [-0.3, -0.25) is 14.9 Å². The smallest absolute Gasteiger partial charge is 0.319 e. The number of esters is 1. The fourth-order valence-corrected chi connectivity index (χ4v) is 1.57. The summed E-state index contributed by atoms with van der Waals surface area (Å²) in [7, 11) is 0. The minimum Gasteiger partial charge on any atom is -0.465 e. The van der Waals surface area contributed by atoms with Crippen LogP contribution in [0.15, 0.2) is 18.2 Å². The highest BCUT2D eigenvalue weighted by molar-refractivity contribution is 5.71. The highest BCUT2D eigenvalue weighted by Crippen LogP contribution is 2.20. The zero-order valence-electron chi connectivity index (χ0n) is 10.4. The molecule has 0 saturated heterocycles. The molecule has 0 heterocycles. The molecule has 0 fully saturated rings. The van der Waals surface area contributed by atoms with Crippen LogP contribution in [0.5, 0.6) is 0 Å². The zero-order valence-corrected chi connectivity index (χ0v) is 10.4. The number of nitrogens with zero attached hydrogens (tertiary/aromatic N) is 1. The summed E-state index contributed by atoms with van der Waals surface area (Å²) in [5.41, 5.74) is 1.50. The van der Waals surface area contributed by atoms with E-state index in [-0.39, 0.29) is 18.2 Å². The number of carbonyl (C=O) groups excluding carboxylic acids is 1. The number of carbonyl (C=O) groups is 1. The van der Waals surface area contributed by atoms with Crippen LogP contribution in [-0.4, -0.2) is 24.0 Å². The summed E-state index contributed by atoms with van der Waals surface area (Å²) >= 11 is 0. The van der Waals surface area contributed by atoms with E-state index < -0.39 is 4.92 Å². The summed E-state index contributed by atoms with van der Waals surface area (Å²) in [6.07, 6.45) is 0. The van der Waals surface area contributed by atoms with Gasteiger partial charge in [-0.1, -0.05) is 12.1 Å². The van der Waals surface area contributed by atoms with Gasteiger partial charge in [0.25, 0.3) is 5.69 Å². The van der Waals surface area contributed by atoms with Crippen LogP contribution in [0, 0.1) is 17.0 Å². The Hall–Kier alpha value is -1.95. The van der Waals surface area contributed by atoms with Crippen molar-refractivity contribution in [1.29, 1.82) is 0 Å². The van der Waals surface area contributed by atoms with Crippen molar-refractivity contribution in [2.75, 3.05) is 13.2 Å². The van der Waals surface area contributed by atoms with Crippen LogP contribution in [0.25, 0.3) is 0 Å². The Morgan fingerprint density at radius 1 is 1.50 bits per heavy atom. The Labute approximate surface area is 105 Å². The normalized spacial score (nSPS) is 10.1. The highest BCUT2D eigenvalue weighted by atomic mass is 16.6. The largest absolute Gasteiger partial charge is 0.465 e. The van der Waals surface area contributed by atoms with Gasteiger partial charge in [-0.2, -0.15) is 0 Å². The van der Waals surface area contributed by atoms with Gasteiger partial charge in [-0.05, 0) is 19.4 Å². The quantitative estimate of drug-likeness (QED) is 0.472. The monoisotopic (exact) mass is 252 g/mol. The van der Waals surface area contributed by atoms with Gasteiger partial charge in [0.1, 0.15) is 0 Å². The van der Waals surface area contributed by atoms with Crippen molar-refractivity contribution >= 4 is 11.7 Å². The van der Waals surface area contributed by atoms with Crippen LogP contribution >= 0.6 is 0 Å². The molecule has 0 aromatic heterocycles. The molecule has 0 spiro atoms. The standard InChI is InChI=1S/C12H16N2O4/c1-3-18-12(15)8-13-7-10-5-4-6-11(9(10)2)14(16)17/h4-6,13H,3,7-8H2,1-2H3. The summed E-state index contributed by atoms with van der Waals surface area (Å²) in [4.78, 5) is 21.4. The third kappa shape index (κ3) is 3.81. The number of ether oxygens (including phenoxy) is 1. The molecular formula is C12H16N2O4. The lowest BCUT2D eigenvalue weighted by atomic mass is 10.1. The Bertz CT molecular complexity index is 446.